The van der Waals surface area contributed by atoms with E-state index in [1.165, 1.54) is 14.2 Å². The maximum atomic E-state index is 13.4. The molecule has 4 aliphatic heterocycles. The summed E-state index contributed by atoms with van der Waals surface area (Å²) in [5, 5.41) is 32.5. The maximum Gasteiger partial charge on any atom is 0.310 e. The van der Waals surface area contributed by atoms with Crippen LogP contribution in [-0.4, -0.2) is 92.5 Å². The molecule has 5 aliphatic rings. The van der Waals surface area contributed by atoms with Gasteiger partial charge in [0.2, 0.25) is 12.5 Å². The molecule has 3 saturated heterocycles. The summed E-state index contributed by atoms with van der Waals surface area (Å²) in [6, 6.07) is 6.93. The second-order valence-corrected chi connectivity index (χ2v) is 11.0. The molecule has 4 heterocycles. The van der Waals surface area contributed by atoms with E-state index in [4.69, 9.17) is 42.6 Å². The minimum atomic E-state index is -1.44. The average Bonchev–Trinajstić information content (AvgIpc) is 3.61. The van der Waals surface area contributed by atoms with E-state index in [2.05, 4.69) is 0 Å². The molecule has 42 heavy (non-hydrogen) atoms. The van der Waals surface area contributed by atoms with E-state index in [0.717, 1.165) is 0 Å². The van der Waals surface area contributed by atoms with Crippen molar-refractivity contribution in [2.75, 3.05) is 34.2 Å². The Morgan fingerprint density at radius 1 is 0.881 bits per heavy atom. The van der Waals surface area contributed by atoms with Crippen molar-refractivity contribution in [1.82, 2.24) is 0 Å². The van der Waals surface area contributed by atoms with Crippen molar-refractivity contribution >= 4 is 5.97 Å². The number of ether oxygens (including phenoxy) is 9. The molecular weight excluding hydrogens is 556 g/mol. The summed E-state index contributed by atoms with van der Waals surface area (Å²) in [5.41, 5.74) is 2.01. The quantitative estimate of drug-likeness (QED) is 0.430. The molecule has 226 valence electrons. The van der Waals surface area contributed by atoms with Crippen molar-refractivity contribution in [3.8, 4) is 28.7 Å². The Morgan fingerprint density at radius 3 is 2.26 bits per heavy atom. The number of fused-ring (bicyclic) bond motifs is 4. The SMILES string of the molecule is COc1cc(C2c3cc4c(cc3C(O[C@@H]3OC5COC(C)O[C@H]5C(O)C3O)C3COC(=O)[C@H]23)OCO4)cc(OC)c1O. The van der Waals surface area contributed by atoms with Gasteiger partial charge in [-0.05, 0) is 47.9 Å². The fourth-order valence-electron chi connectivity index (χ4n) is 6.74. The minimum absolute atomic E-state index is 0.0301. The van der Waals surface area contributed by atoms with Crippen molar-refractivity contribution in [3.63, 3.8) is 0 Å². The van der Waals surface area contributed by atoms with Crippen LogP contribution in [0.15, 0.2) is 24.3 Å². The highest BCUT2D eigenvalue weighted by Crippen LogP contribution is 2.57. The highest BCUT2D eigenvalue weighted by atomic mass is 16.8. The molecule has 3 fully saturated rings. The molecule has 0 saturated carbocycles. The van der Waals surface area contributed by atoms with Crippen LogP contribution in [0.1, 0.15) is 35.6 Å². The Hall–Kier alpha value is -3.33. The standard InChI is InChI=1S/C29H32O13/c1-11-36-9-20-27(40-11)24(31)25(32)29(41-20)42-26-14-7-17-16(38-10-39-17)6-13(14)21(22-15(26)8-37-28(22)33)12-4-18(34-2)23(30)19(5-12)35-3/h4-7,11,15,20-22,24-27,29-32H,8-10H2,1-3H3/t11?,15?,20?,21?,22-,24?,25?,26?,27+,29-/m0/s1. The maximum absolute atomic E-state index is 13.4. The number of methoxy groups -OCH3 is 2. The summed E-state index contributed by atoms with van der Waals surface area (Å²) in [6.07, 6.45) is -6.80. The molecule has 0 radical (unpaired) electrons. The third-order valence-electron chi connectivity index (χ3n) is 8.75. The Bertz CT molecular complexity index is 1350. The summed E-state index contributed by atoms with van der Waals surface area (Å²) in [7, 11) is 2.86. The number of hydrogen-bond acceptors (Lipinski definition) is 13. The molecular formula is C29H32O13. The number of carbonyl (C=O) groups excluding carboxylic acids is 1. The van der Waals surface area contributed by atoms with Crippen LogP contribution in [0.5, 0.6) is 28.7 Å². The van der Waals surface area contributed by atoms with Crippen molar-refractivity contribution in [2.45, 2.75) is 55.9 Å². The number of hydrogen-bond donors (Lipinski definition) is 3. The van der Waals surface area contributed by atoms with E-state index in [1.54, 1.807) is 31.2 Å². The predicted octanol–water partition coefficient (Wildman–Crippen LogP) is 1.34. The van der Waals surface area contributed by atoms with E-state index in [0.29, 0.717) is 28.2 Å². The second-order valence-electron chi connectivity index (χ2n) is 11.0. The normalized spacial score (nSPS) is 36.5. The number of aliphatic hydroxyl groups is 2. The summed E-state index contributed by atoms with van der Waals surface area (Å²) in [4.78, 5) is 13.4. The van der Waals surface area contributed by atoms with Crippen LogP contribution in [0.25, 0.3) is 0 Å². The van der Waals surface area contributed by atoms with Gasteiger partial charge in [-0.2, -0.15) is 0 Å². The van der Waals surface area contributed by atoms with Gasteiger partial charge in [0.15, 0.2) is 35.6 Å². The predicted molar refractivity (Wildman–Crippen MR) is 138 cm³/mol. The number of cyclic esters (lactones) is 1. The van der Waals surface area contributed by atoms with Crippen molar-refractivity contribution in [3.05, 3.63) is 41.0 Å². The first-order valence-electron chi connectivity index (χ1n) is 13.8. The van der Waals surface area contributed by atoms with Gasteiger partial charge in [0.1, 0.15) is 24.4 Å². The van der Waals surface area contributed by atoms with E-state index < -0.39 is 66.8 Å². The molecule has 13 nitrogen and oxygen atoms in total. The van der Waals surface area contributed by atoms with Gasteiger partial charge in [-0.1, -0.05) is 0 Å². The molecule has 3 N–H and O–H groups in total. The second kappa shape index (κ2) is 10.4. The third kappa shape index (κ3) is 4.26. The van der Waals surface area contributed by atoms with Crippen molar-refractivity contribution < 1.29 is 62.7 Å². The summed E-state index contributed by atoms with van der Waals surface area (Å²) in [5.74, 6) is -1.02. The Kier molecular flexibility index (Phi) is 6.83. The molecule has 0 spiro atoms. The Labute approximate surface area is 240 Å². The van der Waals surface area contributed by atoms with E-state index >= 15 is 0 Å². The molecule has 0 amide bonds. The first kappa shape index (κ1) is 27.5. The number of aliphatic hydroxyl groups excluding tert-OH is 2. The van der Waals surface area contributed by atoms with Gasteiger partial charge in [0.25, 0.3) is 0 Å². The number of esters is 1. The lowest BCUT2D eigenvalue weighted by Gasteiger charge is -2.47. The van der Waals surface area contributed by atoms with Crippen LogP contribution >= 0.6 is 0 Å². The smallest absolute Gasteiger partial charge is 0.310 e. The molecule has 2 aromatic carbocycles. The zero-order chi connectivity index (χ0) is 29.3. The van der Waals surface area contributed by atoms with Gasteiger partial charge < -0.3 is 58.0 Å². The lowest BCUT2D eigenvalue weighted by atomic mass is 9.66. The van der Waals surface area contributed by atoms with Crippen LogP contribution in [0.4, 0.5) is 0 Å². The topological polar surface area (TPSA) is 161 Å². The first-order valence-corrected chi connectivity index (χ1v) is 13.8. The van der Waals surface area contributed by atoms with E-state index in [9.17, 15) is 20.1 Å². The Balaban J connectivity index is 1.32. The van der Waals surface area contributed by atoms with E-state index in [1.807, 2.05) is 0 Å². The zero-order valence-corrected chi connectivity index (χ0v) is 23.1. The highest BCUT2D eigenvalue weighted by molar-refractivity contribution is 5.79. The first-order chi connectivity index (χ1) is 20.3. The van der Waals surface area contributed by atoms with Gasteiger partial charge in [-0.15, -0.1) is 0 Å². The van der Waals surface area contributed by atoms with Gasteiger partial charge in [-0.3, -0.25) is 4.79 Å². The molecule has 7 unspecified atom stereocenters. The van der Waals surface area contributed by atoms with Gasteiger partial charge in [0, 0.05) is 11.8 Å². The number of phenols is 1. The number of aromatic hydroxyl groups is 1. The lowest BCUT2D eigenvalue weighted by Crippen LogP contribution is -2.63. The van der Waals surface area contributed by atoms with Crippen LogP contribution in [0.2, 0.25) is 0 Å². The van der Waals surface area contributed by atoms with Crippen LogP contribution in [0, 0.1) is 11.8 Å². The molecule has 0 bridgehead atoms. The van der Waals surface area contributed by atoms with Crippen LogP contribution in [0.3, 0.4) is 0 Å². The molecule has 0 aromatic heterocycles. The molecule has 10 atom stereocenters. The van der Waals surface area contributed by atoms with E-state index in [-0.39, 0.29) is 37.3 Å². The van der Waals surface area contributed by atoms with Crippen LogP contribution in [-0.2, 0) is 28.5 Å². The van der Waals surface area contributed by atoms with Crippen LogP contribution < -0.4 is 18.9 Å². The number of benzene rings is 2. The highest BCUT2D eigenvalue weighted by Gasteiger charge is 2.56. The molecule has 7 rings (SSSR count). The summed E-state index contributed by atoms with van der Waals surface area (Å²) in [6.45, 7) is 1.93. The number of rotatable bonds is 5. The minimum Gasteiger partial charge on any atom is -0.502 e. The fraction of sp³-hybridized carbons (Fsp3) is 0.552. The van der Waals surface area contributed by atoms with Crippen molar-refractivity contribution in [1.29, 1.82) is 0 Å². The molecule has 1 aliphatic carbocycles. The monoisotopic (exact) mass is 588 g/mol. The third-order valence-corrected chi connectivity index (χ3v) is 8.75. The number of phenolic OH excluding ortho intramolecular Hbond substituents is 1. The van der Waals surface area contributed by atoms with Crippen molar-refractivity contribution in [2.24, 2.45) is 11.8 Å². The van der Waals surface area contributed by atoms with Gasteiger partial charge >= 0.3 is 5.97 Å². The average molecular weight is 589 g/mol. The number of carbonyl (C=O) groups is 1. The molecule has 13 heteroatoms. The van der Waals surface area contributed by atoms with Gasteiger partial charge in [-0.25, -0.2) is 0 Å². The fourth-order valence-corrected chi connectivity index (χ4v) is 6.74. The summed E-state index contributed by atoms with van der Waals surface area (Å²) < 4.78 is 51.5. The largest absolute Gasteiger partial charge is 0.502 e. The summed E-state index contributed by atoms with van der Waals surface area (Å²) >= 11 is 0. The lowest BCUT2D eigenvalue weighted by molar-refractivity contribution is -0.364. The Morgan fingerprint density at radius 2 is 1.57 bits per heavy atom. The zero-order valence-electron chi connectivity index (χ0n) is 23.1. The van der Waals surface area contributed by atoms with Gasteiger partial charge in [0.05, 0.1) is 39.5 Å². The molecule has 2 aromatic rings.